The lowest BCUT2D eigenvalue weighted by Gasteiger charge is -2.24. The maximum absolute atomic E-state index is 10.9. The Balaban J connectivity index is 2.79. The Kier molecular flexibility index (Phi) is 4.92. The summed E-state index contributed by atoms with van der Waals surface area (Å²) in [5.74, 6) is 0. The van der Waals surface area contributed by atoms with E-state index in [2.05, 4.69) is 9.98 Å². The van der Waals surface area contributed by atoms with Crippen molar-refractivity contribution in [2.24, 2.45) is 9.98 Å². The van der Waals surface area contributed by atoms with E-state index in [-0.39, 0.29) is 5.69 Å². The summed E-state index contributed by atoms with van der Waals surface area (Å²) in [7, 11) is 0. The number of halogens is 2. The molecular formula is C16H10Cl2N2O2. The number of aliphatic imine (C=N–C) groups is 2. The van der Waals surface area contributed by atoms with Crippen molar-refractivity contribution >= 4 is 41.0 Å². The Hall–Kier alpha value is -2.22. The van der Waals surface area contributed by atoms with Crippen molar-refractivity contribution in [1.29, 1.82) is 0 Å². The summed E-state index contributed by atoms with van der Waals surface area (Å²) in [6.45, 7) is 1.74. The Morgan fingerprint density at radius 3 is 2.36 bits per heavy atom. The van der Waals surface area contributed by atoms with E-state index >= 15 is 0 Å². The van der Waals surface area contributed by atoms with Gasteiger partial charge >= 0.3 is 0 Å². The van der Waals surface area contributed by atoms with Crippen molar-refractivity contribution in [2.75, 3.05) is 0 Å². The van der Waals surface area contributed by atoms with Crippen LogP contribution in [0.2, 0.25) is 5.02 Å². The summed E-state index contributed by atoms with van der Waals surface area (Å²) >= 11 is 12.8. The van der Waals surface area contributed by atoms with Gasteiger partial charge in [0.15, 0.2) is 5.00 Å². The van der Waals surface area contributed by atoms with Gasteiger partial charge in [-0.05, 0) is 30.2 Å². The molecule has 1 atom stereocenters. The molecule has 0 aromatic heterocycles. The summed E-state index contributed by atoms with van der Waals surface area (Å²) in [6.07, 6.45) is 2.94. The zero-order chi connectivity index (χ0) is 16.2. The highest BCUT2D eigenvalue weighted by Crippen LogP contribution is 2.42. The molecule has 0 radical (unpaired) electrons. The molecule has 6 heteroatoms. The molecule has 0 bridgehead atoms. The lowest BCUT2D eigenvalue weighted by Crippen LogP contribution is -2.19. The Bertz CT molecular complexity index is 795. The molecule has 22 heavy (non-hydrogen) atoms. The van der Waals surface area contributed by atoms with E-state index in [4.69, 9.17) is 23.2 Å². The second kappa shape index (κ2) is 6.69. The van der Waals surface area contributed by atoms with Crippen molar-refractivity contribution in [3.63, 3.8) is 0 Å². The van der Waals surface area contributed by atoms with Crippen molar-refractivity contribution in [3.05, 3.63) is 64.2 Å². The molecule has 0 saturated heterocycles. The first-order valence-corrected chi connectivity index (χ1v) is 7.00. The Labute approximate surface area is 137 Å². The number of nitrogens with zero attached hydrogens (tertiary/aromatic N) is 2. The topological polar surface area (TPSA) is 58.9 Å². The van der Waals surface area contributed by atoms with Crippen LogP contribution in [0.5, 0.6) is 0 Å². The molecule has 0 fully saturated rings. The van der Waals surface area contributed by atoms with Crippen LogP contribution in [0.4, 0.5) is 5.69 Å². The van der Waals surface area contributed by atoms with Gasteiger partial charge in [0, 0.05) is 10.6 Å². The largest absolute Gasteiger partial charge is 0.240 e. The molecule has 0 spiro atoms. The number of alkyl halides is 1. The fourth-order valence-electron chi connectivity index (χ4n) is 2.13. The normalized spacial score (nSPS) is 12.7. The molecule has 110 valence electrons. The van der Waals surface area contributed by atoms with Gasteiger partial charge in [-0.1, -0.05) is 53.5 Å². The zero-order valence-corrected chi connectivity index (χ0v) is 13.0. The molecule has 2 rings (SSSR count). The minimum atomic E-state index is -1.49. The highest BCUT2D eigenvalue weighted by atomic mass is 35.5. The van der Waals surface area contributed by atoms with Crippen molar-refractivity contribution in [1.82, 2.24) is 0 Å². The lowest BCUT2D eigenvalue weighted by atomic mass is 9.94. The predicted molar refractivity (Wildman–Crippen MR) is 85.2 cm³/mol. The van der Waals surface area contributed by atoms with Crippen LogP contribution in [-0.4, -0.2) is 12.2 Å². The SMILES string of the molecule is Cc1c(Cl)cc(N=C=O)cc1C(Cl)(N=C=O)c1ccccc1. The summed E-state index contributed by atoms with van der Waals surface area (Å²) in [4.78, 5) is 27.2. The highest BCUT2D eigenvalue weighted by molar-refractivity contribution is 6.32. The standard InChI is InChI=1S/C16H10Cl2N2O2/c1-11-14(7-13(19-9-21)8-15(11)17)16(18,20-10-22)12-5-3-2-4-6-12/h2-8H,1H3. The van der Waals surface area contributed by atoms with Gasteiger partial charge in [0.2, 0.25) is 12.2 Å². The smallest absolute Gasteiger partial charge is 0.211 e. The molecular weight excluding hydrogens is 323 g/mol. The van der Waals surface area contributed by atoms with Gasteiger partial charge in [0.25, 0.3) is 0 Å². The first-order valence-electron chi connectivity index (χ1n) is 6.25. The second-order valence-corrected chi connectivity index (χ2v) is 5.45. The average Bonchev–Trinajstić information content (AvgIpc) is 2.52. The van der Waals surface area contributed by atoms with E-state index in [0.29, 0.717) is 21.7 Å². The van der Waals surface area contributed by atoms with Gasteiger partial charge in [-0.3, -0.25) is 0 Å². The van der Waals surface area contributed by atoms with Crippen LogP contribution in [-0.2, 0) is 14.6 Å². The summed E-state index contributed by atoms with van der Waals surface area (Å²) < 4.78 is 0. The molecule has 0 saturated carbocycles. The quantitative estimate of drug-likeness (QED) is 0.360. The van der Waals surface area contributed by atoms with E-state index in [0.717, 1.165) is 0 Å². The third-order valence-corrected chi connectivity index (χ3v) is 4.12. The zero-order valence-electron chi connectivity index (χ0n) is 11.5. The lowest BCUT2D eigenvalue weighted by molar-refractivity contribution is 0.557. The van der Waals surface area contributed by atoms with Gasteiger partial charge in [-0.15, -0.1) is 0 Å². The van der Waals surface area contributed by atoms with Crippen LogP contribution in [0.3, 0.4) is 0 Å². The molecule has 0 N–H and O–H groups in total. The van der Waals surface area contributed by atoms with Gasteiger partial charge in [-0.25, -0.2) is 9.59 Å². The number of rotatable bonds is 4. The monoisotopic (exact) mass is 332 g/mol. The van der Waals surface area contributed by atoms with Gasteiger partial charge in [0.05, 0.1) is 5.69 Å². The summed E-state index contributed by atoms with van der Waals surface area (Å²) in [5, 5.41) is 0.355. The fraction of sp³-hybridized carbons (Fsp3) is 0.125. The summed E-state index contributed by atoms with van der Waals surface area (Å²) in [6, 6.07) is 11.9. The highest BCUT2D eigenvalue weighted by Gasteiger charge is 2.34. The van der Waals surface area contributed by atoms with Crippen LogP contribution in [0.1, 0.15) is 16.7 Å². The molecule has 4 nitrogen and oxygen atoms in total. The number of hydrogen-bond acceptors (Lipinski definition) is 4. The molecule has 0 heterocycles. The van der Waals surface area contributed by atoms with Crippen molar-refractivity contribution in [3.8, 4) is 0 Å². The van der Waals surface area contributed by atoms with Crippen LogP contribution < -0.4 is 0 Å². The minimum absolute atomic E-state index is 0.280. The third kappa shape index (κ3) is 3.01. The number of benzene rings is 2. The average molecular weight is 333 g/mol. The van der Waals surface area contributed by atoms with E-state index in [1.807, 2.05) is 6.07 Å². The minimum Gasteiger partial charge on any atom is -0.211 e. The predicted octanol–water partition coefficient (Wildman–Crippen LogP) is 4.39. The number of isocyanates is 2. The molecule has 1 unspecified atom stereocenters. The van der Waals surface area contributed by atoms with Gasteiger partial charge < -0.3 is 0 Å². The summed E-state index contributed by atoms with van der Waals surface area (Å²) in [5.41, 5.74) is 1.93. The van der Waals surface area contributed by atoms with E-state index in [1.165, 1.54) is 18.2 Å². The number of carbonyl (C=O) groups excluding carboxylic acids is 2. The van der Waals surface area contributed by atoms with E-state index in [9.17, 15) is 9.59 Å². The molecule has 0 aliphatic carbocycles. The first kappa shape index (κ1) is 16.2. The van der Waals surface area contributed by atoms with Crippen LogP contribution in [0, 0.1) is 6.92 Å². The first-order chi connectivity index (χ1) is 10.5. The maximum atomic E-state index is 10.9. The molecule has 2 aromatic carbocycles. The maximum Gasteiger partial charge on any atom is 0.240 e. The second-order valence-electron chi connectivity index (χ2n) is 4.49. The molecule has 0 aliphatic heterocycles. The Morgan fingerprint density at radius 2 is 1.77 bits per heavy atom. The van der Waals surface area contributed by atoms with Crippen molar-refractivity contribution in [2.45, 2.75) is 11.9 Å². The van der Waals surface area contributed by atoms with E-state index in [1.54, 1.807) is 37.3 Å². The van der Waals surface area contributed by atoms with E-state index < -0.39 is 5.00 Å². The van der Waals surface area contributed by atoms with Crippen LogP contribution >= 0.6 is 23.2 Å². The van der Waals surface area contributed by atoms with Gasteiger partial charge in [-0.2, -0.15) is 9.98 Å². The van der Waals surface area contributed by atoms with Gasteiger partial charge in [0.1, 0.15) is 0 Å². The molecule has 2 aromatic rings. The fourth-order valence-corrected chi connectivity index (χ4v) is 2.70. The van der Waals surface area contributed by atoms with Crippen LogP contribution in [0.25, 0.3) is 0 Å². The molecule has 0 aliphatic rings. The Morgan fingerprint density at radius 1 is 1.09 bits per heavy atom. The van der Waals surface area contributed by atoms with Crippen LogP contribution in [0.15, 0.2) is 52.4 Å². The van der Waals surface area contributed by atoms with Crippen molar-refractivity contribution < 1.29 is 9.59 Å². The third-order valence-electron chi connectivity index (χ3n) is 3.22. The molecule has 0 amide bonds. The number of hydrogen-bond donors (Lipinski definition) is 0.